The number of carbonyl (C=O) groups excluding carboxylic acids is 2. The highest BCUT2D eigenvalue weighted by Crippen LogP contribution is 2.41. The van der Waals surface area contributed by atoms with Gasteiger partial charge in [0, 0.05) is 37.5 Å². The molecule has 1 saturated heterocycles. The topological polar surface area (TPSA) is 76.5 Å². The van der Waals surface area contributed by atoms with Crippen LogP contribution in [0.4, 0.5) is 4.39 Å². The second-order valence-corrected chi connectivity index (χ2v) is 9.12. The van der Waals surface area contributed by atoms with E-state index in [-0.39, 0.29) is 24.2 Å². The third kappa shape index (κ3) is 5.27. The number of nitrogens with zero attached hydrogens (tertiary/aromatic N) is 3. The summed E-state index contributed by atoms with van der Waals surface area (Å²) in [5.74, 6) is 0.420. The van der Waals surface area contributed by atoms with E-state index < -0.39 is 12.0 Å². The van der Waals surface area contributed by atoms with Crippen molar-refractivity contribution in [3.8, 4) is 11.4 Å². The Bertz CT molecular complexity index is 1230. The lowest BCUT2D eigenvalue weighted by Crippen LogP contribution is -2.48. The number of aryl methyl sites for hydroxylation is 1. The number of ether oxygens (including phenoxy) is 1. The number of para-hydroxylation sites is 1. The number of benzene rings is 2. The van der Waals surface area contributed by atoms with Crippen LogP contribution in [0, 0.1) is 18.7 Å². The Balaban J connectivity index is 1.55. The van der Waals surface area contributed by atoms with E-state index in [1.807, 2.05) is 36.1 Å². The molecule has 2 unspecified atom stereocenters. The molecule has 2 heterocycles. The van der Waals surface area contributed by atoms with Crippen molar-refractivity contribution >= 4 is 11.8 Å². The van der Waals surface area contributed by atoms with Gasteiger partial charge in [0.05, 0.1) is 24.8 Å². The van der Waals surface area contributed by atoms with Crippen LogP contribution in [-0.2, 0) is 16.1 Å². The van der Waals surface area contributed by atoms with Crippen molar-refractivity contribution in [3.05, 3.63) is 77.6 Å². The molecule has 7 nitrogen and oxygen atoms in total. The molecule has 0 aliphatic carbocycles. The first kappa shape index (κ1) is 25.4. The van der Waals surface area contributed by atoms with Gasteiger partial charge >= 0.3 is 0 Å². The zero-order valence-corrected chi connectivity index (χ0v) is 21.0. The molecule has 8 heteroatoms. The molecular formula is C28H33FN4O3. The molecule has 2 amide bonds. The summed E-state index contributed by atoms with van der Waals surface area (Å²) in [6, 6.07) is 12.1. The largest absolute Gasteiger partial charge is 0.496 e. The molecule has 0 spiro atoms. The number of piperidine rings is 1. The molecule has 0 bridgehead atoms. The predicted molar refractivity (Wildman–Crippen MR) is 135 cm³/mol. The van der Waals surface area contributed by atoms with Crippen molar-refractivity contribution in [2.45, 2.75) is 52.1 Å². The molecule has 36 heavy (non-hydrogen) atoms. The van der Waals surface area contributed by atoms with Crippen LogP contribution in [0.25, 0.3) is 5.69 Å². The molecule has 1 N–H and O–H groups in total. The normalized spacial score (nSPS) is 17.8. The van der Waals surface area contributed by atoms with E-state index in [2.05, 4.69) is 17.2 Å². The van der Waals surface area contributed by atoms with Crippen molar-refractivity contribution < 1.29 is 18.7 Å². The summed E-state index contributed by atoms with van der Waals surface area (Å²) in [5, 5.41) is 2.99. The summed E-state index contributed by atoms with van der Waals surface area (Å²) < 4.78 is 22.1. The first-order chi connectivity index (χ1) is 17.4. The third-order valence-corrected chi connectivity index (χ3v) is 6.82. The predicted octanol–water partition coefficient (Wildman–Crippen LogP) is 4.72. The van der Waals surface area contributed by atoms with Crippen molar-refractivity contribution in [2.75, 3.05) is 13.7 Å². The number of carbonyl (C=O) groups is 2. The second kappa shape index (κ2) is 11.4. The average molecular weight is 493 g/mol. The maximum absolute atomic E-state index is 14.8. The number of unbranched alkanes of at least 4 members (excludes halogenated alkanes) is 1. The van der Waals surface area contributed by atoms with Crippen molar-refractivity contribution in [3.63, 3.8) is 0 Å². The van der Waals surface area contributed by atoms with Gasteiger partial charge in [-0.3, -0.25) is 9.59 Å². The number of hydrogen-bond acceptors (Lipinski definition) is 4. The van der Waals surface area contributed by atoms with E-state index in [1.54, 1.807) is 36.2 Å². The molecule has 190 valence electrons. The molecule has 3 aromatic rings. The Morgan fingerprint density at radius 1 is 1.25 bits per heavy atom. The number of halogens is 1. The first-order valence-corrected chi connectivity index (χ1v) is 12.4. The second-order valence-electron chi connectivity index (χ2n) is 9.12. The molecule has 2 aromatic carbocycles. The van der Waals surface area contributed by atoms with Crippen LogP contribution in [0.15, 0.2) is 54.9 Å². The number of imidazole rings is 1. The molecule has 1 aromatic heterocycles. The van der Waals surface area contributed by atoms with Crippen LogP contribution in [0.1, 0.15) is 55.6 Å². The van der Waals surface area contributed by atoms with Gasteiger partial charge in [0.25, 0.3) is 0 Å². The Kier molecular flexibility index (Phi) is 8.03. The van der Waals surface area contributed by atoms with E-state index in [0.717, 1.165) is 18.4 Å². The fourth-order valence-corrected chi connectivity index (χ4v) is 4.92. The molecule has 2 atom stereocenters. The van der Waals surface area contributed by atoms with E-state index in [4.69, 9.17) is 4.74 Å². The summed E-state index contributed by atoms with van der Waals surface area (Å²) in [5.41, 5.74) is 1.90. The molecule has 4 rings (SSSR count). The average Bonchev–Trinajstić information content (AvgIpc) is 3.31. The number of aromatic nitrogens is 2. The minimum Gasteiger partial charge on any atom is -0.496 e. The number of amides is 2. The maximum atomic E-state index is 14.8. The highest BCUT2D eigenvalue weighted by Gasteiger charge is 2.41. The van der Waals surface area contributed by atoms with Gasteiger partial charge in [-0.2, -0.15) is 0 Å². The SMILES string of the molecule is CCCCN1C(=O)CCC(C(=O)NCc2ccc(-n3ccnc3C)c(F)c2)C1c1ccccc1OC. The van der Waals surface area contributed by atoms with Crippen LogP contribution in [0.3, 0.4) is 0 Å². The van der Waals surface area contributed by atoms with Crippen molar-refractivity contribution in [1.82, 2.24) is 19.8 Å². The molecule has 1 aliphatic rings. The van der Waals surface area contributed by atoms with Crippen molar-refractivity contribution in [2.24, 2.45) is 5.92 Å². The zero-order chi connectivity index (χ0) is 25.7. The third-order valence-electron chi connectivity index (χ3n) is 6.82. The fraction of sp³-hybridized carbons (Fsp3) is 0.393. The number of rotatable bonds is 9. The quantitative estimate of drug-likeness (QED) is 0.469. The van der Waals surface area contributed by atoms with Crippen LogP contribution < -0.4 is 10.1 Å². The number of methoxy groups -OCH3 is 1. The zero-order valence-electron chi connectivity index (χ0n) is 21.0. The Morgan fingerprint density at radius 3 is 2.75 bits per heavy atom. The minimum absolute atomic E-state index is 0.0517. The number of hydrogen-bond donors (Lipinski definition) is 1. The lowest BCUT2D eigenvalue weighted by atomic mass is 9.83. The van der Waals surface area contributed by atoms with Gasteiger partial charge in [0.1, 0.15) is 17.4 Å². The highest BCUT2D eigenvalue weighted by atomic mass is 19.1. The lowest BCUT2D eigenvalue weighted by molar-refractivity contribution is -0.143. The summed E-state index contributed by atoms with van der Waals surface area (Å²) in [7, 11) is 1.60. The number of likely N-dealkylation sites (tertiary alicyclic amines) is 1. The maximum Gasteiger partial charge on any atom is 0.225 e. The van der Waals surface area contributed by atoms with Gasteiger partial charge < -0.3 is 19.5 Å². The minimum atomic E-state index is -0.437. The van der Waals surface area contributed by atoms with E-state index in [9.17, 15) is 14.0 Å². The molecular weight excluding hydrogens is 459 g/mol. The van der Waals surface area contributed by atoms with Crippen LogP contribution in [0.2, 0.25) is 0 Å². The van der Waals surface area contributed by atoms with E-state index in [1.165, 1.54) is 6.07 Å². The smallest absolute Gasteiger partial charge is 0.225 e. The van der Waals surface area contributed by atoms with Gasteiger partial charge in [-0.1, -0.05) is 37.6 Å². The van der Waals surface area contributed by atoms with Gasteiger partial charge in [0.15, 0.2) is 0 Å². The van der Waals surface area contributed by atoms with Gasteiger partial charge in [-0.05, 0) is 43.5 Å². The van der Waals surface area contributed by atoms with Crippen molar-refractivity contribution in [1.29, 1.82) is 0 Å². The van der Waals surface area contributed by atoms with Gasteiger partial charge in [0.2, 0.25) is 11.8 Å². The monoisotopic (exact) mass is 492 g/mol. The van der Waals surface area contributed by atoms with E-state index >= 15 is 0 Å². The fourth-order valence-electron chi connectivity index (χ4n) is 4.92. The van der Waals surface area contributed by atoms with Crippen LogP contribution in [-0.4, -0.2) is 39.9 Å². The summed E-state index contributed by atoms with van der Waals surface area (Å²) in [4.78, 5) is 32.4. The number of nitrogens with one attached hydrogen (secondary N) is 1. The Morgan fingerprint density at radius 2 is 2.06 bits per heavy atom. The Labute approximate surface area is 211 Å². The Hall–Kier alpha value is -3.68. The lowest BCUT2D eigenvalue weighted by Gasteiger charge is -2.41. The summed E-state index contributed by atoms with van der Waals surface area (Å²) in [6.07, 6.45) is 5.90. The highest BCUT2D eigenvalue weighted by molar-refractivity contribution is 5.85. The van der Waals surface area contributed by atoms with E-state index in [0.29, 0.717) is 42.2 Å². The molecule has 1 fully saturated rings. The van der Waals surface area contributed by atoms with Crippen LogP contribution >= 0.6 is 0 Å². The molecule has 0 saturated carbocycles. The van der Waals surface area contributed by atoms with Crippen LogP contribution in [0.5, 0.6) is 5.75 Å². The first-order valence-electron chi connectivity index (χ1n) is 12.4. The van der Waals surface area contributed by atoms with Gasteiger partial charge in [-0.25, -0.2) is 9.37 Å². The molecule has 0 radical (unpaired) electrons. The molecule has 1 aliphatic heterocycles. The van der Waals surface area contributed by atoms with Gasteiger partial charge in [-0.15, -0.1) is 0 Å². The standard InChI is InChI=1S/C28H33FN4O3/c1-4-5-15-33-26(34)13-11-22(27(33)21-8-6-7-9-25(21)36-3)28(35)31-18-20-10-12-24(23(29)17-20)32-16-14-30-19(32)2/h6-10,12,14,16-17,22,27H,4-5,11,13,15,18H2,1-3H3,(H,31,35). The summed E-state index contributed by atoms with van der Waals surface area (Å²) in [6.45, 7) is 4.67. The summed E-state index contributed by atoms with van der Waals surface area (Å²) >= 11 is 0.